The smallest absolute Gasteiger partial charge is 0.452 e. The molecule has 47 heavy (non-hydrogen) atoms. The van der Waals surface area contributed by atoms with E-state index in [1.165, 1.54) is 38.1 Å². The van der Waals surface area contributed by atoms with E-state index in [2.05, 4.69) is 10.6 Å². The fourth-order valence-corrected chi connectivity index (χ4v) is 5.21. The molecule has 0 radical (unpaired) electrons. The molecule has 2 aromatic carbocycles. The topological polar surface area (TPSA) is 165 Å². The van der Waals surface area contributed by atoms with Crippen molar-refractivity contribution in [1.82, 2.24) is 15.5 Å². The molecule has 1 fully saturated rings. The van der Waals surface area contributed by atoms with Gasteiger partial charge in [0.1, 0.15) is 24.7 Å². The summed E-state index contributed by atoms with van der Waals surface area (Å²) in [6.45, 7) is 5.44. The maximum Gasteiger partial charge on any atom is 0.452 e. The number of ketones is 2. The van der Waals surface area contributed by atoms with Crippen LogP contribution in [0.25, 0.3) is 0 Å². The van der Waals surface area contributed by atoms with Crippen molar-refractivity contribution >= 4 is 35.3 Å². The predicted octanol–water partition coefficient (Wildman–Crippen LogP) is 2.96. The molecule has 4 N–H and O–H groups in total. The minimum Gasteiger partial charge on any atom is -0.460 e. The predicted molar refractivity (Wildman–Crippen MR) is 164 cm³/mol. The molecular formula is C33H39F3N4O7. The van der Waals surface area contributed by atoms with Gasteiger partial charge in [0.2, 0.25) is 5.91 Å². The Bertz CT molecular complexity index is 1480. The van der Waals surface area contributed by atoms with E-state index < -0.39 is 70.9 Å². The number of hydrogen-bond donors (Lipinski definition) is 3. The summed E-state index contributed by atoms with van der Waals surface area (Å²) in [5.41, 5.74) is 4.01. The van der Waals surface area contributed by atoms with Crippen LogP contribution in [0.5, 0.6) is 0 Å². The molecular weight excluding hydrogens is 621 g/mol. The first kappa shape index (κ1) is 36.9. The summed E-state index contributed by atoms with van der Waals surface area (Å²) in [6, 6.07) is 11.8. The molecule has 1 heterocycles. The van der Waals surface area contributed by atoms with Gasteiger partial charge in [0, 0.05) is 17.7 Å². The number of nitrogens with two attached hydrogens (primary N) is 1. The number of esters is 1. The third kappa shape index (κ3) is 8.82. The van der Waals surface area contributed by atoms with Crippen LogP contribution >= 0.6 is 0 Å². The second-order valence-corrected chi connectivity index (χ2v) is 12.0. The monoisotopic (exact) mass is 660 g/mol. The van der Waals surface area contributed by atoms with Crippen molar-refractivity contribution < 1.29 is 46.7 Å². The molecule has 0 aromatic heterocycles. The quantitative estimate of drug-likeness (QED) is 0.218. The van der Waals surface area contributed by atoms with Crippen LogP contribution in [0.4, 0.5) is 13.2 Å². The Labute approximate surface area is 270 Å². The summed E-state index contributed by atoms with van der Waals surface area (Å²) in [6.07, 6.45) is -5.07. The van der Waals surface area contributed by atoms with Crippen LogP contribution in [-0.2, 0) is 30.5 Å². The number of benzene rings is 2. The van der Waals surface area contributed by atoms with Gasteiger partial charge in [-0.25, -0.2) is 0 Å². The van der Waals surface area contributed by atoms with Gasteiger partial charge in [0.25, 0.3) is 17.6 Å². The molecule has 0 aliphatic carbocycles. The molecule has 1 aliphatic rings. The summed E-state index contributed by atoms with van der Waals surface area (Å²) in [7, 11) is 0. The molecule has 11 nitrogen and oxygen atoms in total. The van der Waals surface area contributed by atoms with E-state index in [1.54, 1.807) is 38.1 Å². The summed E-state index contributed by atoms with van der Waals surface area (Å²) in [5, 5.41) is 5.05. The van der Waals surface area contributed by atoms with Crippen molar-refractivity contribution in [1.29, 1.82) is 0 Å². The average Bonchev–Trinajstić information content (AvgIpc) is 3.53. The first-order chi connectivity index (χ1) is 22.0. The number of nitrogens with one attached hydrogen (secondary N) is 2. The number of hydrogen-bond acceptors (Lipinski definition) is 8. The van der Waals surface area contributed by atoms with Crippen LogP contribution in [-0.4, -0.2) is 77.0 Å². The van der Waals surface area contributed by atoms with E-state index in [0.717, 1.165) is 10.5 Å². The zero-order valence-corrected chi connectivity index (χ0v) is 26.6. The molecule has 14 heteroatoms. The van der Waals surface area contributed by atoms with Gasteiger partial charge < -0.3 is 26.0 Å². The van der Waals surface area contributed by atoms with Crippen LogP contribution in [0, 0.1) is 11.8 Å². The van der Waals surface area contributed by atoms with E-state index >= 15 is 0 Å². The minimum absolute atomic E-state index is 0.00835. The molecule has 0 bridgehead atoms. The Morgan fingerprint density at radius 2 is 1.49 bits per heavy atom. The highest BCUT2D eigenvalue weighted by molar-refractivity contribution is 6.16. The lowest BCUT2D eigenvalue weighted by molar-refractivity contribution is -0.180. The van der Waals surface area contributed by atoms with Crippen LogP contribution in [0.1, 0.15) is 66.8 Å². The van der Waals surface area contributed by atoms with Gasteiger partial charge >= 0.3 is 12.1 Å². The Morgan fingerprint density at radius 3 is 2.02 bits per heavy atom. The lowest BCUT2D eigenvalue weighted by Crippen LogP contribution is -2.67. The molecule has 3 amide bonds. The molecule has 1 unspecified atom stereocenters. The van der Waals surface area contributed by atoms with Gasteiger partial charge in [-0.2, -0.15) is 13.2 Å². The number of halogens is 3. The normalized spacial score (nSPS) is 16.7. The van der Waals surface area contributed by atoms with E-state index in [4.69, 9.17) is 10.5 Å². The van der Waals surface area contributed by atoms with E-state index in [0.29, 0.717) is 0 Å². The van der Waals surface area contributed by atoms with Crippen LogP contribution in [0.3, 0.4) is 0 Å². The van der Waals surface area contributed by atoms with Gasteiger partial charge in [-0.1, -0.05) is 58.0 Å². The highest BCUT2D eigenvalue weighted by atomic mass is 19.4. The van der Waals surface area contributed by atoms with Crippen molar-refractivity contribution in [2.45, 2.75) is 70.9 Å². The number of nitrogens with zero attached hydrogens (tertiary/aromatic N) is 1. The molecule has 1 saturated heterocycles. The van der Waals surface area contributed by atoms with Crippen molar-refractivity contribution in [3.05, 3.63) is 71.3 Å². The minimum atomic E-state index is -5.36. The maximum absolute atomic E-state index is 13.7. The lowest BCUT2D eigenvalue weighted by Gasteiger charge is -2.37. The standard InChI is InChI=1S/C33H39F3N4O7/c1-19(2)26(30(45)40-16-8-11-24(40)27(42)32(37,20(3)4)31(46)33(34,35)36)39-29(44)23-14-12-22(13-15-23)28(43)38-17-25(41)47-18-21-9-6-5-7-10-21/h5-7,9-10,12-15,19-20,24,26H,8,11,16-18,37H2,1-4H3,(H,38,43)(H,39,44)/t24-,26-,32?/m0/s1. The van der Waals surface area contributed by atoms with Crippen molar-refractivity contribution in [2.24, 2.45) is 17.6 Å². The summed E-state index contributed by atoms with van der Waals surface area (Å²) in [5.74, 6) is -7.90. The van der Waals surface area contributed by atoms with Crippen molar-refractivity contribution in [3.63, 3.8) is 0 Å². The van der Waals surface area contributed by atoms with E-state index in [1.807, 2.05) is 6.07 Å². The molecule has 0 spiro atoms. The van der Waals surface area contributed by atoms with Gasteiger partial charge in [0.15, 0.2) is 5.78 Å². The SMILES string of the molecule is CC(C)[C@H](NC(=O)c1ccc(C(=O)NCC(=O)OCc2ccccc2)cc1)C(=O)N1CCC[C@H]1C(=O)C(N)(C(=O)C(F)(F)F)C(C)C. The number of Topliss-reactive ketones (excluding diaryl/α,β-unsaturated/α-hetero) is 2. The largest absolute Gasteiger partial charge is 0.460 e. The van der Waals surface area contributed by atoms with Gasteiger partial charge in [-0.3, -0.25) is 28.8 Å². The summed E-state index contributed by atoms with van der Waals surface area (Å²) >= 11 is 0. The summed E-state index contributed by atoms with van der Waals surface area (Å²) in [4.78, 5) is 78.1. The Morgan fingerprint density at radius 1 is 0.915 bits per heavy atom. The molecule has 3 atom stereocenters. The molecule has 1 aliphatic heterocycles. The Balaban J connectivity index is 1.65. The number of carbonyl (C=O) groups excluding carboxylic acids is 6. The second kappa shape index (κ2) is 15.3. The van der Waals surface area contributed by atoms with Gasteiger partial charge in [-0.15, -0.1) is 0 Å². The number of alkyl halides is 3. The highest BCUT2D eigenvalue weighted by Crippen LogP contribution is 2.32. The van der Waals surface area contributed by atoms with Crippen molar-refractivity contribution in [3.8, 4) is 0 Å². The zero-order valence-electron chi connectivity index (χ0n) is 26.6. The van der Waals surface area contributed by atoms with Crippen LogP contribution < -0.4 is 16.4 Å². The third-order valence-electron chi connectivity index (χ3n) is 8.05. The summed E-state index contributed by atoms with van der Waals surface area (Å²) < 4.78 is 45.4. The fraction of sp³-hybridized carbons (Fsp3) is 0.455. The van der Waals surface area contributed by atoms with Crippen LogP contribution in [0.15, 0.2) is 54.6 Å². The fourth-order valence-electron chi connectivity index (χ4n) is 5.21. The number of rotatable bonds is 13. The number of amides is 3. The molecule has 254 valence electrons. The first-order valence-electron chi connectivity index (χ1n) is 15.1. The maximum atomic E-state index is 13.7. The molecule has 3 rings (SSSR count). The van der Waals surface area contributed by atoms with Crippen LogP contribution in [0.2, 0.25) is 0 Å². The molecule has 2 aromatic rings. The molecule has 0 saturated carbocycles. The number of ether oxygens (including phenoxy) is 1. The average molecular weight is 661 g/mol. The zero-order chi connectivity index (χ0) is 35.1. The van der Waals surface area contributed by atoms with Gasteiger partial charge in [0.05, 0.1) is 6.04 Å². The third-order valence-corrected chi connectivity index (χ3v) is 8.05. The first-order valence-corrected chi connectivity index (χ1v) is 15.1. The van der Waals surface area contributed by atoms with E-state index in [-0.39, 0.29) is 43.7 Å². The number of carbonyl (C=O) groups is 6. The Hall–Kier alpha value is -4.59. The number of likely N-dealkylation sites (tertiary alicyclic amines) is 1. The highest BCUT2D eigenvalue weighted by Gasteiger charge is 2.59. The lowest BCUT2D eigenvalue weighted by atomic mass is 9.76. The Kier molecular flexibility index (Phi) is 12.0. The van der Waals surface area contributed by atoms with Crippen molar-refractivity contribution in [2.75, 3.05) is 13.1 Å². The van der Waals surface area contributed by atoms with E-state index in [9.17, 15) is 41.9 Å². The second-order valence-electron chi connectivity index (χ2n) is 12.0. The van der Waals surface area contributed by atoms with Gasteiger partial charge in [-0.05, 0) is 54.5 Å².